The summed E-state index contributed by atoms with van der Waals surface area (Å²) in [5, 5.41) is 5.20. The molecule has 0 bridgehead atoms. The lowest BCUT2D eigenvalue weighted by atomic mass is 10.1. The van der Waals surface area contributed by atoms with Crippen molar-refractivity contribution in [3.63, 3.8) is 0 Å². The van der Waals surface area contributed by atoms with Crippen LogP contribution in [0.2, 0.25) is 0 Å². The maximum absolute atomic E-state index is 11.8. The summed E-state index contributed by atoms with van der Waals surface area (Å²) in [5.41, 5.74) is 1.24. The zero-order valence-corrected chi connectivity index (χ0v) is 10.1. The maximum atomic E-state index is 11.8. The number of carbonyl (C=O) groups excluding carboxylic acids is 3. The molecule has 18 heavy (non-hydrogen) atoms. The number of hydrogen-bond acceptors (Lipinski definition) is 3. The minimum atomic E-state index is -0.684. The second kappa shape index (κ2) is 4.48. The van der Waals surface area contributed by atoms with Gasteiger partial charge in [0, 0.05) is 19.7 Å². The van der Waals surface area contributed by atoms with E-state index >= 15 is 0 Å². The van der Waals surface area contributed by atoms with E-state index in [4.69, 9.17) is 0 Å². The van der Waals surface area contributed by atoms with E-state index in [0.717, 1.165) is 4.90 Å². The fraction of sp³-hybridized carbons (Fsp3) is 0.250. The summed E-state index contributed by atoms with van der Waals surface area (Å²) in [6.45, 7) is 1.41. The minimum Gasteiger partial charge on any atom is -0.326 e. The third kappa shape index (κ3) is 2.17. The van der Waals surface area contributed by atoms with Gasteiger partial charge in [-0.25, -0.2) is 4.79 Å². The van der Waals surface area contributed by atoms with Gasteiger partial charge in [0.05, 0.1) is 0 Å². The molecule has 1 aromatic carbocycles. The first-order chi connectivity index (χ1) is 8.49. The molecule has 1 aromatic rings. The molecule has 0 aromatic heterocycles. The molecule has 94 valence electrons. The van der Waals surface area contributed by atoms with Crippen LogP contribution in [0.25, 0.3) is 0 Å². The number of imide groups is 1. The summed E-state index contributed by atoms with van der Waals surface area (Å²) in [6.07, 6.45) is 0. The molecule has 6 heteroatoms. The monoisotopic (exact) mass is 247 g/mol. The highest BCUT2D eigenvalue weighted by molar-refractivity contribution is 6.04. The smallest absolute Gasteiger partial charge is 0.324 e. The molecule has 0 radical (unpaired) electrons. The molecule has 0 saturated carbocycles. The number of nitrogens with one attached hydrogen (secondary N) is 2. The number of carbonyl (C=O) groups is 3. The molecule has 2 N–H and O–H groups in total. The molecule has 6 nitrogen and oxygen atoms in total. The van der Waals surface area contributed by atoms with Crippen LogP contribution in [0.15, 0.2) is 24.3 Å². The number of rotatable bonds is 2. The van der Waals surface area contributed by atoms with Crippen LogP contribution in [0.3, 0.4) is 0 Å². The lowest BCUT2D eigenvalue weighted by Crippen LogP contribution is -2.25. The Morgan fingerprint density at radius 2 is 2.11 bits per heavy atom. The van der Waals surface area contributed by atoms with E-state index in [9.17, 15) is 14.4 Å². The van der Waals surface area contributed by atoms with Crippen molar-refractivity contribution in [2.45, 2.75) is 13.0 Å². The quantitative estimate of drug-likeness (QED) is 0.761. The van der Waals surface area contributed by atoms with Crippen molar-refractivity contribution >= 4 is 23.5 Å². The van der Waals surface area contributed by atoms with Gasteiger partial charge in [-0.15, -0.1) is 0 Å². The van der Waals surface area contributed by atoms with Crippen molar-refractivity contribution < 1.29 is 14.4 Å². The molecule has 0 spiro atoms. The first-order valence-corrected chi connectivity index (χ1v) is 5.44. The Balaban J connectivity index is 2.26. The molecule has 2 rings (SSSR count). The normalized spacial score (nSPS) is 18.8. The van der Waals surface area contributed by atoms with Gasteiger partial charge in [0.15, 0.2) is 0 Å². The Labute approximate surface area is 104 Å². The van der Waals surface area contributed by atoms with Crippen LogP contribution >= 0.6 is 0 Å². The second-order valence-corrected chi connectivity index (χ2v) is 4.09. The first-order valence-electron chi connectivity index (χ1n) is 5.44. The topological polar surface area (TPSA) is 78.5 Å². The molecule has 1 saturated heterocycles. The van der Waals surface area contributed by atoms with Gasteiger partial charge >= 0.3 is 6.03 Å². The average Bonchev–Trinajstić information content (AvgIpc) is 2.56. The van der Waals surface area contributed by atoms with Crippen LogP contribution < -0.4 is 10.6 Å². The number of likely N-dealkylation sites (N-methyl/N-ethyl adjacent to an activating group) is 1. The number of anilines is 1. The van der Waals surface area contributed by atoms with Gasteiger partial charge in [0.1, 0.15) is 6.04 Å². The van der Waals surface area contributed by atoms with Crippen LogP contribution in [0, 0.1) is 0 Å². The summed E-state index contributed by atoms with van der Waals surface area (Å²) in [6, 6.07) is 5.73. The Hall–Kier alpha value is -2.37. The summed E-state index contributed by atoms with van der Waals surface area (Å²) in [4.78, 5) is 35.2. The number of hydrogen-bond donors (Lipinski definition) is 2. The van der Waals surface area contributed by atoms with Crippen LogP contribution in [0.4, 0.5) is 10.5 Å². The number of nitrogens with zero attached hydrogens (tertiary/aromatic N) is 1. The van der Waals surface area contributed by atoms with E-state index in [1.165, 1.54) is 14.0 Å². The highest BCUT2D eigenvalue weighted by Crippen LogP contribution is 2.23. The van der Waals surface area contributed by atoms with Crippen LogP contribution in [-0.2, 0) is 9.59 Å². The van der Waals surface area contributed by atoms with Gasteiger partial charge in [-0.05, 0) is 17.7 Å². The Morgan fingerprint density at radius 3 is 2.67 bits per heavy atom. The molecule has 4 amide bonds. The van der Waals surface area contributed by atoms with Gasteiger partial charge < -0.3 is 10.6 Å². The molecule has 1 aliphatic rings. The van der Waals surface area contributed by atoms with Crippen molar-refractivity contribution in [2.24, 2.45) is 0 Å². The van der Waals surface area contributed by atoms with Crippen molar-refractivity contribution in [3.05, 3.63) is 29.8 Å². The standard InChI is InChI=1S/C12H13N3O3/c1-7(16)13-9-5-3-4-8(6-9)10-11(17)15(2)12(18)14-10/h3-6,10H,1-2H3,(H,13,16)(H,14,18). The lowest BCUT2D eigenvalue weighted by molar-refractivity contribution is -0.126. The molecule has 1 heterocycles. The molecular weight excluding hydrogens is 234 g/mol. The highest BCUT2D eigenvalue weighted by atomic mass is 16.2. The zero-order chi connectivity index (χ0) is 13.3. The van der Waals surface area contributed by atoms with E-state index in [-0.39, 0.29) is 11.8 Å². The predicted octanol–water partition coefficient (Wildman–Crippen LogP) is 0.868. The van der Waals surface area contributed by atoms with Gasteiger partial charge in [0.2, 0.25) is 5.91 Å². The fourth-order valence-corrected chi connectivity index (χ4v) is 1.80. The number of urea groups is 1. The van der Waals surface area contributed by atoms with E-state index in [1.807, 2.05) is 0 Å². The van der Waals surface area contributed by atoms with Gasteiger partial charge in [-0.2, -0.15) is 0 Å². The summed E-state index contributed by atoms with van der Waals surface area (Å²) in [5.74, 6) is -0.494. The second-order valence-electron chi connectivity index (χ2n) is 4.09. The third-order valence-corrected chi connectivity index (χ3v) is 2.69. The van der Waals surface area contributed by atoms with E-state index in [1.54, 1.807) is 24.3 Å². The lowest BCUT2D eigenvalue weighted by Gasteiger charge is -2.10. The fourth-order valence-electron chi connectivity index (χ4n) is 1.80. The van der Waals surface area contributed by atoms with Crippen LogP contribution in [0.1, 0.15) is 18.5 Å². The summed E-state index contributed by atoms with van der Waals surface area (Å²) in [7, 11) is 1.43. The average molecular weight is 247 g/mol. The Morgan fingerprint density at radius 1 is 1.39 bits per heavy atom. The molecule has 1 aliphatic heterocycles. The molecule has 0 aliphatic carbocycles. The predicted molar refractivity (Wildman–Crippen MR) is 64.8 cm³/mol. The van der Waals surface area contributed by atoms with Crippen LogP contribution in [-0.4, -0.2) is 29.8 Å². The van der Waals surface area contributed by atoms with E-state index in [0.29, 0.717) is 11.3 Å². The Kier molecular flexibility index (Phi) is 3.01. The molecule has 1 fully saturated rings. The zero-order valence-electron chi connectivity index (χ0n) is 10.1. The van der Waals surface area contributed by atoms with Gasteiger partial charge in [-0.3, -0.25) is 14.5 Å². The van der Waals surface area contributed by atoms with Gasteiger partial charge in [-0.1, -0.05) is 12.1 Å². The first kappa shape index (κ1) is 12.1. The van der Waals surface area contributed by atoms with Crippen molar-refractivity contribution in [1.82, 2.24) is 10.2 Å². The van der Waals surface area contributed by atoms with E-state index < -0.39 is 12.1 Å². The molecule has 1 unspecified atom stereocenters. The van der Waals surface area contributed by atoms with Crippen LogP contribution in [0.5, 0.6) is 0 Å². The van der Waals surface area contributed by atoms with E-state index in [2.05, 4.69) is 10.6 Å². The highest BCUT2D eigenvalue weighted by Gasteiger charge is 2.36. The third-order valence-electron chi connectivity index (χ3n) is 2.69. The van der Waals surface area contributed by atoms with Crippen molar-refractivity contribution in [2.75, 3.05) is 12.4 Å². The SMILES string of the molecule is CC(=O)Nc1cccc(C2NC(=O)N(C)C2=O)c1. The minimum absolute atomic E-state index is 0.189. The summed E-state index contributed by atoms with van der Waals surface area (Å²) < 4.78 is 0. The Bertz CT molecular complexity index is 527. The summed E-state index contributed by atoms with van der Waals surface area (Å²) >= 11 is 0. The largest absolute Gasteiger partial charge is 0.326 e. The van der Waals surface area contributed by atoms with Crippen molar-refractivity contribution in [3.8, 4) is 0 Å². The molecular formula is C12H13N3O3. The van der Waals surface area contributed by atoms with Crippen molar-refractivity contribution in [1.29, 1.82) is 0 Å². The number of benzene rings is 1. The van der Waals surface area contributed by atoms with Gasteiger partial charge in [0.25, 0.3) is 5.91 Å². The maximum Gasteiger partial charge on any atom is 0.324 e. The molecule has 1 atom stereocenters. The number of amides is 4.